The SMILES string of the molecule is CCCCCCCCCCCCCCCCCC/C=C\CCCCCCCCCCCCCCCCCCCC(=O)NC(CO)C(O)C(O)CCCCCCCCCCCCCCCC. The number of hydrogen-bond donors (Lipinski definition) is 4. The molecule has 5 heteroatoms. The third-order valence-electron chi connectivity index (χ3n) is 14.4. The largest absolute Gasteiger partial charge is 0.394 e. The Labute approximate surface area is 408 Å². The summed E-state index contributed by atoms with van der Waals surface area (Å²) in [6, 6.07) is -0.806. The van der Waals surface area contributed by atoms with Gasteiger partial charge in [-0.15, -0.1) is 0 Å². The number of carbonyl (C=O) groups is 1. The molecule has 0 saturated heterocycles. The van der Waals surface area contributed by atoms with E-state index in [2.05, 4.69) is 31.3 Å². The van der Waals surface area contributed by atoms with E-state index in [-0.39, 0.29) is 12.5 Å². The summed E-state index contributed by atoms with van der Waals surface area (Å²) in [7, 11) is 0. The van der Waals surface area contributed by atoms with Crippen LogP contribution in [0, 0.1) is 0 Å². The van der Waals surface area contributed by atoms with Crippen molar-refractivity contribution in [3.63, 3.8) is 0 Å². The fourth-order valence-corrected chi connectivity index (χ4v) is 9.75. The average Bonchev–Trinajstić information content (AvgIpc) is 3.31. The lowest BCUT2D eigenvalue weighted by molar-refractivity contribution is -0.124. The molecule has 0 spiro atoms. The van der Waals surface area contributed by atoms with Gasteiger partial charge in [-0.05, 0) is 38.5 Å². The van der Waals surface area contributed by atoms with Gasteiger partial charge in [0.2, 0.25) is 5.91 Å². The van der Waals surface area contributed by atoms with Crippen LogP contribution in [-0.4, -0.2) is 46.1 Å². The lowest BCUT2D eigenvalue weighted by Gasteiger charge is -2.26. The van der Waals surface area contributed by atoms with Crippen LogP contribution in [0.15, 0.2) is 12.2 Å². The molecule has 1 amide bonds. The van der Waals surface area contributed by atoms with E-state index in [0.29, 0.717) is 12.8 Å². The van der Waals surface area contributed by atoms with E-state index in [0.717, 1.165) is 32.1 Å². The highest BCUT2D eigenvalue weighted by atomic mass is 16.3. The molecule has 388 valence electrons. The number of unbranched alkanes of at least 4 members (excludes halogenated alkanes) is 46. The molecule has 0 aromatic heterocycles. The zero-order valence-electron chi connectivity index (χ0n) is 44.4. The highest BCUT2D eigenvalue weighted by Gasteiger charge is 2.26. The molecule has 0 aromatic carbocycles. The van der Waals surface area contributed by atoms with Crippen molar-refractivity contribution >= 4 is 5.91 Å². The first kappa shape index (κ1) is 64.1. The van der Waals surface area contributed by atoms with Crippen LogP contribution in [0.1, 0.15) is 341 Å². The first-order valence-corrected chi connectivity index (χ1v) is 30.0. The lowest BCUT2D eigenvalue weighted by atomic mass is 9.99. The van der Waals surface area contributed by atoms with Crippen LogP contribution in [0.5, 0.6) is 0 Å². The van der Waals surface area contributed by atoms with Crippen molar-refractivity contribution < 1.29 is 20.1 Å². The molecule has 0 aliphatic rings. The summed E-state index contributed by atoms with van der Waals surface area (Å²) in [5.74, 6) is -0.138. The van der Waals surface area contributed by atoms with Gasteiger partial charge in [0.1, 0.15) is 6.10 Å². The maximum absolute atomic E-state index is 12.5. The van der Waals surface area contributed by atoms with Crippen molar-refractivity contribution in [1.29, 1.82) is 0 Å². The lowest BCUT2D eigenvalue weighted by Crippen LogP contribution is -2.50. The molecule has 0 aromatic rings. The van der Waals surface area contributed by atoms with E-state index in [4.69, 9.17) is 0 Å². The third-order valence-corrected chi connectivity index (χ3v) is 14.4. The Bertz CT molecular complexity index is 925. The van der Waals surface area contributed by atoms with Crippen molar-refractivity contribution in [2.24, 2.45) is 0 Å². The van der Waals surface area contributed by atoms with Gasteiger partial charge in [-0.2, -0.15) is 0 Å². The van der Waals surface area contributed by atoms with Gasteiger partial charge >= 0.3 is 0 Å². The van der Waals surface area contributed by atoms with Gasteiger partial charge in [0.15, 0.2) is 0 Å². The number of amides is 1. The number of aliphatic hydroxyl groups excluding tert-OH is 3. The van der Waals surface area contributed by atoms with E-state index in [9.17, 15) is 20.1 Å². The summed E-state index contributed by atoms with van der Waals surface area (Å²) in [4.78, 5) is 12.5. The van der Waals surface area contributed by atoms with Gasteiger partial charge in [0.05, 0.1) is 18.8 Å². The summed E-state index contributed by atoms with van der Waals surface area (Å²) in [5.41, 5.74) is 0. The van der Waals surface area contributed by atoms with Gasteiger partial charge in [-0.3, -0.25) is 4.79 Å². The second kappa shape index (κ2) is 55.7. The topological polar surface area (TPSA) is 89.8 Å². The molecule has 5 nitrogen and oxygen atoms in total. The van der Waals surface area contributed by atoms with Crippen molar-refractivity contribution in [2.45, 2.75) is 360 Å². The fraction of sp³-hybridized carbons (Fsp3) is 0.950. The van der Waals surface area contributed by atoms with Crippen LogP contribution in [0.25, 0.3) is 0 Å². The normalized spacial score (nSPS) is 13.2. The predicted octanol–water partition coefficient (Wildman–Crippen LogP) is 18.7. The van der Waals surface area contributed by atoms with E-state index in [1.807, 2.05) is 0 Å². The maximum atomic E-state index is 12.5. The zero-order chi connectivity index (χ0) is 47.2. The smallest absolute Gasteiger partial charge is 0.220 e. The van der Waals surface area contributed by atoms with E-state index >= 15 is 0 Å². The quantitative estimate of drug-likeness (QED) is 0.0361. The summed E-state index contributed by atoms with van der Waals surface area (Å²) < 4.78 is 0. The highest BCUT2D eigenvalue weighted by molar-refractivity contribution is 5.76. The number of aliphatic hydroxyl groups is 3. The molecule has 4 N–H and O–H groups in total. The van der Waals surface area contributed by atoms with Gasteiger partial charge in [-0.1, -0.05) is 309 Å². The Hall–Kier alpha value is -0.910. The highest BCUT2D eigenvalue weighted by Crippen LogP contribution is 2.18. The Morgan fingerprint density at radius 3 is 0.892 bits per heavy atom. The molecule has 65 heavy (non-hydrogen) atoms. The Kier molecular flexibility index (Phi) is 54.9. The number of nitrogens with one attached hydrogen (secondary N) is 1. The maximum Gasteiger partial charge on any atom is 0.220 e. The fourth-order valence-electron chi connectivity index (χ4n) is 9.75. The van der Waals surface area contributed by atoms with E-state index in [1.165, 1.54) is 283 Å². The minimum absolute atomic E-state index is 0.138. The Balaban J connectivity index is 3.42. The summed E-state index contributed by atoms with van der Waals surface area (Å²) >= 11 is 0. The number of hydrogen-bond acceptors (Lipinski definition) is 4. The van der Waals surface area contributed by atoms with Crippen LogP contribution in [-0.2, 0) is 4.79 Å². The second-order valence-electron chi connectivity index (χ2n) is 20.9. The first-order chi connectivity index (χ1) is 32.1. The zero-order valence-corrected chi connectivity index (χ0v) is 44.4. The van der Waals surface area contributed by atoms with Crippen LogP contribution in [0.2, 0.25) is 0 Å². The molecule has 0 rings (SSSR count). The predicted molar refractivity (Wildman–Crippen MR) is 287 cm³/mol. The molecule has 0 saturated carbocycles. The Morgan fingerprint density at radius 1 is 0.369 bits per heavy atom. The average molecular weight is 919 g/mol. The monoisotopic (exact) mass is 918 g/mol. The molecular formula is C60H119NO4. The first-order valence-electron chi connectivity index (χ1n) is 30.0. The van der Waals surface area contributed by atoms with Gasteiger partial charge in [0.25, 0.3) is 0 Å². The van der Waals surface area contributed by atoms with Gasteiger partial charge < -0.3 is 20.6 Å². The molecule has 0 radical (unpaired) electrons. The molecule has 0 heterocycles. The van der Waals surface area contributed by atoms with Gasteiger partial charge in [0, 0.05) is 6.42 Å². The van der Waals surface area contributed by atoms with Crippen LogP contribution >= 0.6 is 0 Å². The van der Waals surface area contributed by atoms with E-state index < -0.39 is 18.2 Å². The molecule has 0 fully saturated rings. The number of rotatable bonds is 56. The van der Waals surface area contributed by atoms with Crippen molar-refractivity contribution in [2.75, 3.05) is 6.61 Å². The van der Waals surface area contributed by atoms with E-state index in [1.54, 1.807) is 0 Å². The standard InChI is InChI=1S/C60H119NO4/c1-3-5-7-9-11-13-15-17-19-20-21-22-23-24-25-26-27-28-29-30-31-32-33-34-35-36-37-38-39-40-41-43-45-47-49-51-53-55-59(64)61-57(56-62)60(65)58(63)54-52-50-48-46-44-42-18-16-14-12-10-8-6-4-2/h28-29,57-58,60,62-63,65H,3-27,30-56H2,1-2H3,(H,61,64)/b29-28-. The minimum Gasteiger partial charge on any atom is -0.394 e. The molecule has 0 bridgehead atoms. The van der Waals surface area contributed by atoms with Gasteiger partial charge in [-0.25, -0.2) is 0 Å². The van der Waals surface area contributed by atoms with Crippen molar-refractivity contribution in [3.8, 4) is 0 Å². The summed E-state index contributed by atoms with van der Waals surface area (Å²) in [6.45, 7) is 4.21. The second-order valence-corrected chi connectivity index (χ2v) is 20.9. The summed E-state index contributed by atoms with van der Waals surface area (Å²) in [6.07, 6.45) is 69.7. The molecule has 3 unspecified atom stereocenters. The number of allylic oxidation sites excluding steroid dienone is 2. The molecular weight excluding hydrogens is 799 g/mol. The van der Waals surface area contributed by atoms with Crippen molar-refractivity contribution in [1.82, 2.24) is 5.32 Å². The molecule has 0 aliphatic heterocycles. The van der Waals surface area contributed by atoms with Crippen LogP contribution in [0.3, 0.4) is 0 Å². The minimum atomic E-state index is -1.13. The summed E-state index contributed by atoms with van der Waals surface area (Å²) in [5, 5.41) is 33.7. The van der Waals surface area contributed by atoms with Crippen LogP contribution < -0.4 is 5.32 Å². The Morgan fingerprint density at radius 2 is 0.615 bits per heavy atom. The third kappa shape index (κ3) is 50.8. The molecule has 3 atom stereocenters. The van der Waals surface area contributed by atoms with Crippen molar-refractivity contribution in [3.05, 3.63) is 12.2 Å². The molecule has 0 aliphatic carbocycles. The number of carbonyl (C=O) groups excluding carboxylic acids is 1. The van der Waals surface area contributed by atoms with Crippen LogP contribution in [0.4, 0.5) is 0 Å².